The number of hydrogen-bond acceptors (Lipinski definition) is 5. The highest BCUT2D eigenvalue weighted by molar-refractivity contribution is 7.91. The van der Waals surface area contributed by atoms with Crippen LogP contribution in [-0.2, 0) is 10.0 Å². The second-order valence-electron chi connectivity index (χ2n) is 4.64. The molecule has 0 aliphatic carbocycles. The van der Waals surface area contributed by atoms with Gasteiger partial charge in [0.15, 0.2) is 4.21 Å². The zero-order valence-electron chi connectivity index (χ0n) is 11.1. The summed E-state index contributed by atoms with van der Waals surface area (Å²) in [7, 11) is -3.58. The Labute approximate surface area is 116 Å². The fourth-order valence-corrected chi connectivity index (χ4v) is 5.52. The number of rotatable bonds is 4. The molecule has 0 radical (unpaired) electrons. The second-order valence-corrected chi connectivity index (χ2v) is 7.70. The van der Waals surface area contributed by atoms with Crippen LogP contribution in [0.15, 0.2) is 9.00 Å². The van der Waals surface area contributed by atoms with Crippen LogP contribution in [-0.4, -0.2) is 43.4 Å². The summed E-state index contributed by atoms with van der Waals surface area (Å²) >= 11 is 0.768. The van der Waals surface area contributed by atoms with Gasteiger partial charge in [-0.15, -0.1) is 0 Å². The van der Waals surface area contributed by atoms with E-state index in [1.807, 2.05) is 6.92 Å². The largest absolute Gasteiger partial charge is 0.315 e. The van der Waals surface area contributed by atoms with Crippen molar-refractivity contribution in [3.05, 3.63) is 15.4 Å². The van der Waals surface area contributed by atoms with E-state index in [1.165, 1.54) is 4.31 Å². The van der Waals surface area contributed by atoms with E-state index in [2.05, 4.69) is 10.3 Å². The molecular weight excluding hydrogens is 286 g/mol. The number of aromatic nitrogens is 1. The predicted octanol–water partition coefficient (Wildman–Crippen LogP) is 0.507. The Morgan fingerprint density at radius 1 is 1.47 bits per heavy atom. The average Bonchev–Trinajstić information content (AvgIpc) is 2.71. The number of hydrogen-bond donors (Lipinski definition) is 2. The van der Waals surface area contributed by atoms with Crippen molar-refractivity contribution in [3.63, 3.8) is 0 Å². The van der Waals surface area contributed by atoms with E-state index in [4.69, 9.17) is 0 Å². The third-order valence-corrected chi connectivity index (χ3v) is 6.92. The number of likely N-dealkylation sites (N-methyl/N-ethyl adjacent to an activating group) is 1. The molecule has 6 nitrogen and oxygen atoms in total. The van der Waals surface area contributed by atoms with E-state index in [0.717, 1.165) is 30.7 Å². The lowest BCUT2D eigenvalue weighted by atomic mass is 10.1. The minimum absolute atomic E-state index is 0.0275. The molecule has 0 amide bonds. The highest BCUT2D eigenvalue weighted by atomic mass is 32.2. The normalized spacial score (nSPS) is 20.9. The maximum absolute atomic E-state index is 12.6. The zero-order valence-corrected chi connectivity index (χ0v) is 12.7. The number of aromatic amines is 1. The Hall–Kier alpha value is -0.700. The van der Waals surface area contributed by atoms with Crippen molar-refractivity contribution >= 4 is 21.4 Å². The highest BCUT2D eigenvalue weighted by Crippen LogP contribution is 2.24. The Bertz CT molecular complexity index is 585. The van der Waals surface area contributed by atoms with Crippen LogP contribution in [0, 0.1) is 6.92 Å². The lowest BCUT2D eigenvalue weighted by Crippen LogP contribution is -2.48. The molecule has 1 fully saturated rings. The molecule has 2 N–H and O–H groups in total. The van der Waals surface area contributed by atoms with Gasteiger partial charge in [0.2, 0.25) is 0 Å². The lowest BCUT2D eigenvalue weighted by molar-refractivity contribution is 0.275. The molecule has 1 aromatic rings. The van der Waals surface area contributed by atoms with E-state index in [0.29, 0.717) is 18.8 Å². The van der Waals surface area contributed by atoms with Gasteiger partial charge in [-0.3, -0.25) is 4.79 Å². The molecule has 0 saturated carbocycles. The summed E-state index contributed by atoms with van der Waals surface area (Å²) in [5, 5.41) is 3.22. The molecule has 0 bridgehead atoms. The molecule has 108 valence electrons. The molecule has 1 aliphatic rings. The second kappa shape index (κ2) is 5.74. The molecule has 1 atom stereocenters. The van der Waals surface area contributed by atoms with Gasteiger partial charge >= 0.3 is 4.87 Å². The topological polar surface area (TPSA) is 82.3 Å². The number of piperidine rings is 1. The predicted molar refractivity (Wildman–Crippen MR) is 75.1 cm³/mol. The van der Waals surface area contributed by atoms with Crippen LogP contribution in [0.1, 0.15) is 25.5 Å². The van der Waals surface area contributed by atoms with Gasteiger partial charge in [-0.25, -0.2) is 8.42 Å². The first-order valence-electron chi connectivity index (χ1n) is 6.39. The summed E-state index contributed by atoms with van der Waals surface area (Å²) in [6.07, 6.45) is 1.83. The van der Waals surface area contributed by atoms with Gasteiger partial charge in [0.25, 0.3) is 10.0 Å². The molecule has 19 heavy (non-hydrogen) atoms. The number of aryl methyl sites for hydroxylation is 1. The molecule has 1 saturated heterocycles. The van der Waals surface area contributed by atoms with Crippen LogP contribution in [0.5, 0.6) is 0 Å². The minimum atomic E-state index is -3.58. The fourth-order valence-electron chi connectivity index (χ4n) is 2.45. The quantitative estimate of drug-likeness (QED) is 0.849. The van der Waals surface area contributed by atoms with Crippen LogP contribution >= 0.6 is 11.3 Å². The number of thiazole rings is 1. The molecule has 1 unspecified atom stereocenters. The molecule has 2 rings (SSSR count). The molecule has 1 aliphatic heterocycles. The molecule has 2 heterocycles. The molecule has 1 aromatic heterocycles. The Morgan fingerprint density at radius 3 is 2.68 bits per heavy atom. The highest BCUT2D eigenvalue weighted by Gasteiger charge is 2.33. The Morgan fingerprint density at radius 2 is 2.21 bits per heavy atom. The van der Waals surface area contributed by atoms with Gasteiger partial charge in [0.1, 0.15) is 0 Å². The van der Waals surface area contributed by atoms with Gasteiger partial charge in [-0.1, -0.05) is 18.3 Å². The van der Waals surface area contributed by atoms with E-state index < -0.39 is 10.0 Å². The van der Waals surface area contributed by atoms with Crippen molar-refractivity contribution in [2.24, 2.45) is 0 Å². The van der Waals surface area contributed by atoms with Gasteiger partial charge in [-0.05, 0) is 26.3 Å². The maximum atomic E-state index is 12.6. The van der Waals surface area contributed by atoms with Crippen LogP contribution < -0.4 is 10.2 Å². The number of sulfonamides is 1. The fraction of sp³-hybridized carbons (Fsp3) is 0.727. The summed E-state index contributed by atoms with van der Waals surface area (Å²) in [6, 6.07) is -0.0275. The van der Waals surface area contributed by atoms with Crippen molar-refractivity contribution in [2.75, 3.05) is 19.6 Å². The van der Waals surface area contributed by atoms with Crippen molar-refractivity contribution in [3.8, 4) is 0 Å². The van der Waals surface area contributed by atoms with E-state index >= 15 is 0 Å². The molecule has 8 heteroatoms. The average molecular weight is 305 g/mol. The first kappa shape index (κ1) is 14.7. The van der Waals surface area contributed by atoms with Gasteiger partial charge < -0.3 is 10.3 Å². The standard InChI is InChI=1S/C11H19N3O3S2/c1-3-14(9-5-4-6-12-7-9)19(16,17)10-8(2)13-11(15)18-10/h9,12H,3-7H2,1-2H3,(H,13,15). The van der Waals surface area contributed by atoms with Crippen molar-refractivity contribution < 1.29 is 8.42 Å². The first-order chi connectivity index (χ1) is 8.96. The Balaban J connectivity index is 2.35. The third kappa shape index (κ3) is 2.91. The van der Waals surface area contributed by atoms with Gasteiger partial charge in [0, 0.05) is 24.8 Å². The van der Waals surface area contributed by atoms with Crippen molar-refractivity contribution in [2.45, 2.75) is 36.9 Å². The summed E-state index contributed by atoms with van der Waals surface area (Å²) < 4.78 is 26.9. The molecule has 0 aromatic carbocycles. The SMILES string of the molecule is CCN(C1CCCNC1)S(=O)(=O)c1sc(=O)[nH]c1C. The van der Waals surface area contributed by atoms with E-state index in [1.54, 1.807) is 6.92 Å². The molecule has 0 spiro atoms. The number of H-pyrrole nitrogens is 1. The van der Waals surface area contributed by atoms with Crippen LogP contribution in [0.25, 0.3) is 0 Å². The maximum Gasteiger partial charge on any atom is 0.305 e. The zero-order chi connectivity index (χ0) is 14.0. The Kier molecular flexibility index (Phi) is 4.44. The summed E-state index contributed by atoms with van der Waals surface area (Å²) in [4.78, 5) is 13.5. The summed E-state index contributed by atoms with van der Waals surface area (Å²) in [5.74, 6) is 0. The van der Waals surface area contributed by atoms with E-state index in [9.17, 15) is 13.2 Å². The number of nitrogens with one attached hydrogen (secondary N) is 2. The minimum Gasteiger partial charge on any atom is -0.315 e. The van der Waals surface area contributed by atoms with E-state index in [-0.39, 0.29) is 15.1 Å². The van der Waals surface area contributed by atoms with Gasteiger partial charge in [-0.2, -0.15) is 4.31 Å². The summed E-state index contributed by atoms with van der Waals surface area (Å²) in [6.45, 7) is 5.48. The third-order valence-electron chi connectivity index (χ3n) is 3.31. The van der Waals surface area contributed by atoms with Crippen molar-refractivity contribution in [1.29, 1.82) is 0 Å². The number of nitrogens with zero attached hydrogens (tertiary/aromatic N) is 1. The van der Waals surface area contributed by atoms with Gasteiger partial charge in [0.05, 0.1) is 0 Å². The summed E-state index contributed by atoms with van der Waals surface area (Å²) in [5.41, 5.74) is 0.428. The van der Waals surface area contributed by atoms with Crippen LogP contribution in [0.4, 0.5) is 0 Å². The first-order valence-corrected chi connectivity index (χ1v) is 8.64. The van der Waals surface area contributed by atoms with Crippen LogP contribution in [0.3, 0.4) is 0 Å². The van der Waals surface area contributed by atoms with Crippen molar-refractivity contribution in [1.82, 2.24) is 14.6 Å². The smallest absolute Gasteiger partial charge is 0.305 e. The monoisotopic (exact) mass is 305 g/mol. The molecular formula is C11H19N3O3S2. The lowest BCUT2D eigenvalue weighted by Gasteiger charge is -2.32. The van der Waals surface area contributed by atoms with Crippen LogP contribution in [0.2, 0.25) is 0 Å².